The zero-order valence-electron chi connectivity index (χ0n) is 76.8. The quantitative estimate of drug-likeness (QED) is 0.0836. The normalized spacial score (nSPS) is 12.7. The monoisotopic (exact) mass is 1870 g/mol. The molecule has 1 aliphatic rings. The minimum atomic E-state index is -0.407. The zero-order chi connectivity index (χ0) is 94.2. The van der Waals surface area contributed by atoms with Gasteiger partial charge in [-0.2, -0.15) is 0 Å². The van der Waals surface area contributed by atoms with Gasteiger partial charge < -0.3 is 18.1 Å². The van der Waals surface area contributed by atoms with Gasteiger partial charge in [-0.3, -0.25) is 0 Å². The van der Waals surface area contributed by atoms with Gasteiger partial charge in [0.25, 0.3) is 0 Å². The summed E-state index contributed by atoms with van der Waals surface area (Å²) in [6.45, 7) is 8.33. The van der Waals surface area contributed by atoms with Crippen molar-refractivity contribution in [1.82, 2.24) is 49.8 Å². The lowest BCUT2D eigenvalue weighted by Crippen LogP contribution is -2.41. The lowest BCUT2D eigenvalue weighted by atomic mass is 9.78. The molecule has 666 valence electrons. The molecule has 0 bridgehead atoms. The maximum absolute atomic E-state index is 6.34. The first-order chi connectivity index (χ1) is 68.6. The molecule has 25 rings (SSSR count). The number of benzene rings is 18. The molecule has 7 heterocycles. The smallest absolute Gasteiger partial charge is 0.436 e. The molecule has 14 nitrogen and oxygen atoms in total. The molecular formula is C124H86BBrN10O4. The first-order valence-corrected chi connectivity index (χ1v) is 47.4. The van der Waals surface area contributed by atoms with Crippen LogP contribution in [0.15, 0.2) is 462 Å². The van der Waals surface area contributed by atoms with Crippen molar-refractivity contribution in [2.45, 2.75) is 38.9 Å². The number of nitrogens with zero attached hydrogens (tertiary/aromatic N) is 10. The predicted molar refractivity (Wildman–Crippen MR) is 572 cm³/mol. The molecule has 24 aromatic rings. The number of aromatic nitrogens is 10. The number of furan rings is 2. The van der Waals surface area contributed by atoms with Crippen molar-refractivity contribution in [3.63, 3.8) is 0 Å². The van der Waals surface area contributed by atoms with E-state index in [1.807, 2.05) is 97.1 Å². The second-order valence-electron chi connectivity index (χ2n) is 35.8. The predicted octanol–water partition coefficient (Wildman–Crippen LogP) is 31.2. The van der Waals surface area contributed by atoms with Crippen LogP contribution in [0.4, 0.5) is 0 Å². The maximum atomic E-state index is 6.34. The Morgan fingerprint density at radius 3 is 0.764 bits per heavy atom. The van der Waals surface area contributed by atoms with Crippen molar-refractivity contribution in [2.75, 3.05) is 0 Å². The van der Waals surface area contributed by atoms with Gasteiger partial charge in [-0.15, -0.1) is 0 Å². The van der Waals surface area contributed by atoms with E-state index >= 15 is 0 Å². The van der Waals surface area contributed by atoms with E-state index in [0.717, 1.165) is 187 Å². The number of rotatable bonds is 16. The number of fused-ring (bicyclic) bond motifs is 8. The summed E-state index contributed by atoms with van der Waals surface area (Å²) in [5.74, 6) is 3.72. The van der Waals surface area contributed by atoms with Crippen LogP contribution < -0.4 is 5.46 Å². The number of halogens is 1. The van der Waals surface area contributed by atoms with E-state index in [1.165, 1.54) is 11.1 Å². The minimum Gasteiger partial charge on any atom is -0.436 e. The van der Waals surface area contributed by atoms with Crippen LogP contribution >= 0.6 is 15.9 Å². The fraction of sp³-hybridized carbons (Fsp3) is 0.0484. The molecule has 0 aliphatic carbocycles. The highest BCUT2D eigenvalue weighted by atomic mass is 79.9. The van der Waals surface area contributed by atoms with Gasteiger partial charge in [-0.1, -0.05) is 392 Å². The molecule has 0 atom stereocenters. The Balaban J connectivity index is 0.000000133. The summed E-state index contributed by atoms with van der Waals surface area (Å²) in [7, 11) is -0.407. The summed E-state index contributed by atoms with van der Waals surface area (Å²) < 4.78 is 25.5. The van der Waals surface area contributed by atoms with Crippen LogP contribution in [0.2, 0.25) is 0 Å². The van der Waals surface area contributed by atoms with E-state index in [0.29, 0.717) is 46.4 Å². The van der Waals surface area contributed by atoms with Gasteiger partial charge in [0.05, 0.1) is 33.3 Å². The Morgan fingerprint density at radius 2 is 0.421 bits per heavy atom. The Hall–Kier alpha value is -17.3. The van der Waals surface area contributed by atoms with Crippen molar-refractivity contribution in [3.05, 3.63) is 453 Å². The maximum Gasteiger partial charge on any atom is 0.494 e. The van der Waals surface area contributed by atoms with E-state index < -0.39 is 18.3 Å². The molecule has 1 aliphatic heterocycles. The second-order valence-corrected chi connectivity index (χ2v) is 36.7. The molecule has 1 fully saturated rings. The SMILES string of the molecule is Brc1ccc2oc3nc4ccccc4nc3c2c1.CC1(C)OB(c2cccc(-c3ccc(-c4cccc(-c5nc(-c6ccc(-c7ccccc7)cc6)nc(-c6ccc(-c7ccccc7)cc6)n5)c4)cc3)c2)OC1(C)C.c1ccc(-c2ccc(-c3nc(-c4ccc(-c5ccccc5)cc4)nc(-c4cccc(-c5ccc(-c6cccc(-c7ccc8oc9nc%10ccccc%10nc9c8c7)c6)cc5)c4)n3)cc2)cc1. The summed E-state index contributed by atoms with van der Waals surface area (Å²) in [5, 5.41) is 1.94. The second kappa shape index (κ2) is 37.4. The van der Waals surface area contributed by atoms with E-state index in [4.69, 9.17) is 58.0 Å². The molecule has 0 N–H and O–H groups in total. The lowest BCUT2D eigenvalue weighted by molar-refractivity contribution is 0.00578. The van der Waals surface area contributed by atoms with Gasteiger partial charge in [-0.05, 0) is 206 Å². The summed E-state index contributed by atoms with van der Waals surface area (Å²) in [5.41, 5.74) is 33.7. The van der Waals surface area contributed by atoms with Crippen molar-refractivity contribution in [3.8, 4) is 168 Å². The summed E-state index contributed by atoms with van der Waals surface area (Å²) in [6, 6.07) is 154. The molecule has 0 amide bonds. The highest BCUT2D eigenvalue weighted by Gasteiger charge is 2.52. The third-order valence-corrected chi connectivity index (χ3v) is 26.6. The van der Waals surface area contributed by atoms with E-state index in [1.54, 1.807) is 0 Å². The molecule has 18 aromatic carbocycles. The fourth-order valence-electron chi connectivity index (χ4n) is 17.8. The highest BCUT2D eigenvalue weighted by molar-refractivity contribution is 9.10. The van der Waals surface area contributed by atoms with Gasteiger partial charge in [-0.25, -0.2) is 49.8 Å². The fourth-order valence-corrected chi connectivity index (χ4v) is 18.2. The van der Waals surface area contributed by atoms with E-state index in [-0.39, 0.29) is 0 Å². The average molecular weight is 1870 g/mol. The van der Waals surface area contributed by atoms with Gasteiger partial charge in [0.15, 0.2) is 34.9 Å². The van der Waals surface area contributed by atoms with Gasteiger partial charge in [0.1, 0.15) is 22.2 Å². The number of para-hydroxylation sites is 4. The lowest BCUT2D eigenvalue weighted by Gasteiger charge is -2.32. The minimum absolute atomic E-state index is 0.392. The van der Waals surface area contributed by atoms with Crippen LogP contribution in [0.3, 0.4) is 0 Å². The number of hydrogen-bond donors (Lipinski definition) is 0. The van der Waals surface area contributed by atoms with Crippen LogP contribution in [0.5, 0.6) is 0 Å². The van der Waals surface area contributed by atoms with Gasteiger partial charge in [0, 0.05) is 48.6 Å². The molecule has 0 spiro atoms. The number of hydrogen-bond acceptors (Lipinski definition) is 14. The van der Waals surface area contributed by atoms with Crippen molar-refractivity contribution in [2.24, 2.45) is 0 Å². The molecule has 1 saturated heterocycles. The van der Waals surface area contributed by atoms with Crippen molar-refractivity contribution < 1.29 is 18.1 Å². The van der Waals surface area contributed by atoms with Gasteiger partial charge >= 0.3 is 7.12 Å². The molecule has 6 aromatic heterocycles. The molecule has 0 unspecified atom stereocenters. The summed E-state index contributed by atoms with van der Waals surface area (Å²) in [6.07, 6.45) is 0. The Bertz CT molecular complexity index is 8500. The van der Waals surface area contributed by atoms with Gasteiger partial charge in [0.2, 0.25) is 11.4 Å². The van der Waals surface area contributed by atoms with Crippen LogP contribution in [0.25, 0.3) is 235 Å². The summed E-state index contributed by atoms with van der Waals surface area (Å²) in [4.78, 5) is 49.2. The third kappa shape index (κ3) is 18.0. The molecule has 0 saturated carbocycles. The average Bonchev–Trinajstić information content (AvgIpc) is 1.55. The molecule has 16 heteroatoms. The zero-order valence-corrected chi connectivity index (χ0v) is 78.4. The Kier molecular flexibility index (Phi) is 23.2. The first-order valence-electron chi connectivity index (χ1n) is 46.6. The van der Waals surface area contributed by atoms with Crippen LogP contribution in [-0.4, -0.2) is 68.2 Å². The van der Waals surface area contributed by atoms with Crippen LogP contribution in [0.1, 0.15) is 27.7 Å². The molecule has 140 heavy (non-hydrogen) atoms. The Morgan fingerprint density at radius 1 is 0.193 bits per heavy atom. The van der Waals surface area contributed by atoms with E-state index in [9.17, 15) is 0 Å². The molecular weight excluding hydrogens is 1780 g/mol. The standard InChI is InChI=1S/C59H37N5O.C51H42BN3O2.C14H7BrN2O/c1-3-11-38(12-4-1)40-25-29-44(30-26-40)56-62-57(45-31-27-41(28-32-45)39-13-5-2-6-14-39)64-58(63-56)50-18-10-16-47(36-50)43-23-21-42(22-24-43)46-15-9-17-48(35-46)49-33-34-54-51(37-49)55-59(65-54)61-53-20-8-7-19-52(53)60-55;1-50(2)51(3,4)57-52(56-50)46-20-12-18-44(34-46)40-23-21-39(22-24-40)43-17-11-19-45(33-43)49-54-47(41-29-25-37(26-30-41)35-13-7-5-8-14-35)53-48(55-49)42-31-27-38(28-32-42)36-15-9-6-10-16-36;15-8-5-6-12-9(7-8)13-14(18-12)17-11-4-2-1-3-10(11)16-13/h1-37H;5-34H,1-4H3;1-7H. The van der Waals surface area contributed by atoms with Crippen molar-refractivity contribution >= 4 is 95.0 Å². The van der Waals surface area contributed by atoms with E-state index in [2.05, 4.69) is 405 Å². The molecule has 0 radical (unpaired) electrons. The Labute approximate surface area is 817 Å². The van der Waals surface area contributed by atoms with Crippen molar-refractivity contribution in [1.29, 1.82) is 0 Å². The first kappa shape index (κ1) is 86.8. The third-order valence-electron chi connectivity index (χ3n) is 26.1. The van der Waals surface area contributed by atoms with Crippen LogP contribution in [-0.2, 0) is 9.31 Å². The largest absolute Gasteiger partial charge is 0.494 e. The summed E-state index contributed by atoms with van der Waals surface area (Å²) >= 11 is 3.46. The van der Waals surface area contributed by atoms with Crippen LogP contribution in [0, 0.1) is 0 Å². The topological polar surface area (TPSA) is 174 Å². The highest BCUT2D eigenvalue weighted by Crippen LogP contribution is 2.42.